The Morgan fingerprint density at radius 3 is 1.13 bits per heavy atom. The van der Waals surface area contributed by atoms with Gasteiger partial charge in [-0.2, -0.15) is 74.6 Å². The van der Waals surface area contributed by atoms with Gasteiger partial charge in [-0.15, -0.1) is 0 Å². The summed E-state index contributed by atoms with van der Waals surface area (Å²) in [6.45, 7) is -0.776. The van der Waals surface area contributed by atoms with E-state index in [-0.39, 0.29) is 11.4 Å². The molecule has 0 bridgehead atoms. The largest absolute Gasteiger partial charge is 0.460 e. The van der Waals surface area contributed by atoms with Crippen LogP contribution in [-0.2, 0) is 6.54 Å². The SMILES string of the molecule is FC(F)(F)C(F)(F)C(F)(F)C(F)(F)C(F)(F)C(F)(F)C(F)(F)C(F)(F)CCCn1c(-c2ccncc2)ccc1-c1ccncc1. The molecule has 0 amide bonds. The molecule has 0 aliphatic carbocycles. The van der Waals surface area contributed by atoms with Crippen molar-refractivity contribution in [2.24, 2.45) is 0 Å². The second-order valence-corrected chi connectivity index (χ2v) is 9.48. The fourth-order valence-corrected chi connectivity index (χ4v) is 4.07. The highest BCUT2D eigenvalue weighted by Crippen LogP contribution is 2.64. The van der Waals surface area contributed by atoms with Gasteiger partial charge in [0.15, 0.2) is 0 Å². The molecule has 45 heavy (non-hydrogen) atoms. The van der Waals surface area contributed by atoms with Crippen molar-refractivity contribution >= 4 is 0 Å². The fraction of sp³-hybridized carbons (Fsp3) is 0.440. The Morgan fingerprint density at radius 2 is 0.778 bits per heavy atom. The molecule has 3 heterocycles. The van der Waals surface area contributed by atoms with Crippen molar-refractivity contribution in [2.75, 3.05) is 0 Å². The maximum absolute atomic E-state index is 14.5. The van der Waals surface area contributed by atoms with Gasteiger partial charge in [0.25, 0.3) is 0 Å². The van der Waals surface area contributed by atoms with Crippen LogP contribution in [0.1, 0.15) is 12.8 Å². The number of halogens is 17. The number of hydrogen-bond acceptors (Lipinski definition) is 2. The molecule has 0 atom stereocenters. The van der Waals surface area contributed by atoms with Crippen LogP contribution in [0.2, 0.25) is 0 Å². The van der Waals surface area contributed by atoms with Gasteiger partial charge in [0.2, 0.25) is 0 Å². The molecule has 0 aliphatic rings. The number of rotatable bonds is 12. The van der Waals surface area contributed by atoms with Crippen LogP contribution in [0, 0.1) is 0 Å². The van der Waals surface area contributed by atoms with Crippen molar-refractivity contribution in [2.45, 2.75) is 67.0 Å². The molecule has 0 aromatic carbocycles. The molecule has 3 aromatic heterocycles. The van der Waals surface area contributed by atoms with E-state index in [4.69, 9.17) is 0 Å². The third-order valence-electron chi connectivity index (χ3n) is 6.59. The van der Waals surface area contributed by atoms with Gasteiger partial charge in [0.1, 0.15) is 0 Å². The lowest BCUT2D eigenvalue weighted by Gasteiger charge is -2.42. The minimum Gasteiger partial charge on any atom is -0.341 e. The maximum Gasteiger partial charge on any atom is 0.460 e. The molecule has 250 valence electrons. The Balaban J connectivity index is 1.95. The number of nitrogens with zero attached hydrogens (tertiary/aromatic N) is 3. The first kappa shape index (κ1) is 35.9. The van der Waals surface area contributed by atoms with Gasteiger partial charge in [-0.25, -0.2) is 0 Å². The van der Waals surface area contributed by atoms with E-state index >= 15 is 0 Å². The van der Waals surface area contributed by atoms with Crippen LogP contribution in [0.3, 0.4) is 0 Å². The molecule has 0 unspecified atom stereocenters. The molecular weight excluding hydrogens is 665 g/mol. The standard InChI is InChI=1S/C25H16F17N3/c26-18(27,19(28,29)20(30,31)21(32,33)22(34,35)23(36,37)24(38,39)25(40,41)42)8-1-13-45-16(14-4-9-43-10-5-14)2-3-17(45)15-6-11-44-12-7-15/h2-7,9-12H,1,8,13H2. The summed E-state index contributed by atoms with van der Waals surface area (Å²) in [5.74, 6) is -56.4. The molecule has 3 nitrogen and oxygen atoms in total. The van der Waals surface area contributed by atoms with Crippen LogP contribution in [0.5, 0.6) is 0 Å². The Kier molecular flexibility index (Phi) is 9.03. The normalized spacial score (nSPS) is 14.6. The van der Waals surface area contributed by atoms with Crippen LogP contribution >= 0.6 is 0 Å². The third-order valence-corrected chi connectivity index (χ3v) is 6.59. The van der Waals surface area contributed by atoms with Crippen molar-refractivity contribution < 1.29 is 74.6 Å². The Morgan fingerprint density at radius 1 is 0.444 bits per heavy atom. The second kappa shape index (κ2) is 11.3. The molecule has 3 aromatic rings. The van der Waals surface area contributed by atoms with Crippen molar-refractivity contribution in [3.05, 3.63) is 61.2 Å². The maximum atomic E-state index is 14.5. The van der Waals surface area contributed by atoms with E-state index in [1.807, 2.05) is 0 Å². The van der Waals surface area contributed by atoms with Gasteiger partial charge >= 0.3 is 47.6 Å². The van der Waals surface area contributed by atoms with Gasteiger partial charge in [-0.05, 0) is 42.8 Å². The number of alkyl halides is 17. The van der Waals surface area contributed by atoms with Gasteiger partial charge in [-0.1, -0.05) is 0 Å². The lowest BCUT2D eigenvalue weighted by Crippen LogP contribution is -2.74. The molecule has 0 saturated carbocycles. The summed E-state index contributed by atoms with van der Waals surface area (Å²) < 4.78 is 232. The summed E-state index contributed by atoms with van der Waals surface area (Å²) in [6.07, 6.45) is -6.46. The number of pyridine rings is 2. The Bertz CT molecular complexity index is 1390. The number of aromatic nitrogens is 3. The molecule has 0 saturated heterocycles. The molecule has 0 radical (unpaired) electrons. The van der Waals surface area contributed by atoms with Crippen LogP contribution in [-0.4, -0.2) is 62.2 Å². The highest BCUT2D eigenvalue weighted by Gasteiger charge is 2.95. The lowest BCUT2D eigenvalue weighted by molar-refractivity contribution is -0.461. The predicted molar refractivity (Wildman–Crippen MR) is 121 cm³/mol. The first-order valence-corrected chi connectivity index (χ1v) is 12.0. The van der Waals surface area contributed by atoms with Gasteiger partial charge in [-0.3, -0.25) is 9.97 Å². The van der Waals surface area contributed by atoms with Crippen molar-refractivity contribution in [1.29, 1.82) is 0 Å². The lowest BCUT2D eigenvalue weighted by atomic mass is 9.88. The van der Waals surface area contributed by atoms with E-state index in [0.717, 1.165) is 0 Å². The topological polar surface area (TPSA) is 30.7 Å². The minimum atomic E-state index is -8.65. The zero-order valence-corrected chi connectivity index (χ0v) is 21.7. The smallest absolute Gasteiger partial charge is 0.341 e. The predicted octanol–water partition coefficient (Wildman–Crippen LogP) is 9.40. The van der Waals surface area contributed by atoms with Gasteiger partial charge in [0.05, 0.1) is 0 Å². The van der Waals surface area contributed by atoms with E-state index in [9.17, 15) is 74.6 Å². The fourth-order valence-electron chi connectivity index (χ4n) is 4.07. The highest BCUT2D eigenvalue weighted by atomic mass is 19.4. The van der Waals surface area contributed by atoms with Gasteiger partial charge < -0.3 is 4.57 Å². The molecule has 0 fully saturated rings. The molecule has 3 rings (SSSR count). The van der Waals surface area contributed by atoms with Gasteiger partial charge in [0, 0.05) is 60.3 Å². The highest BCUT2D eigenvalue weighted by molar-refractivity contribution is 5.69. The third kappa shape index (κ3) is 5.57. The van der Waals surface area contributed by atoms with Crippen LogP contribution in [0.15, 0.2) is 61.2 Å². The zero-order chi connectivity index (χ0) is 34.5. The quantitative estimate of drug-likeness (QED) is 0.179. The summed E-state index contributed by atoms with van der Waals surface area (Å²) in [4.78, 5) is 7.52. The minimum absolute atomic E-state index is 0.198. The van der Waals surface area contributed by atoms with E-state index in [0.29, 0.717) is 11.1 Å². The number of hydrogen-bond donors (Lipinski definition) is 0. The van der Waals surface area contributed by atoms with Crippen molar-refractivity contribution in [1.82, 2.24) is 14.5 Å². The van der Waals surface area contributed by atoms with Crippen LogP contribution in [0.4, 0.5) is 74.6 Å². The Labute approximate surface area is 240 Å². The van der Waals surface area contributed by atoms with E-state index in [1.54, 1.807) is 0 Å². The summed E-state index contributed by atoms with van der Waals surface area (Å²) in [5, 5.41) is 0. The first-order valence-electron chi connectivity index (χ1n) is 12.0. The molecule has 0 aliphatic heterocycles. The Hall–Kier alpha value is -3.61. The monoisotopic (exact) mass is 681 g/mol. The van der Waals surface area contributed by atoms with E-state index < -0.39 is 67.0 Å². The van der Waals surface area contributed by atoms with Crippen molar-refractivity contribution in [3.8, 4) is 22.5 Å². The molecule has 20 heteroatoms. The summed E-state index contributed by atoms with van der Waals surface area (Å²) >= 11 is 0. The van der Waals surface area contributed by atoms with E-state index in [1.165, 1.54) is 65.8 Å². The summed E-state index contributed by atoms with van der Waals surface area (Å²) in [6, 6.07) is 8.45. The van der Waals surface area contributed by atoms with Crippen LogP contribution in [0.25, 0.3) is 22.5 Å². The summed E-state index contributed by atoms with van der Waals surface area (Å²) in [5.41, 5.74) is 1.10. The average molecular weight is 681 g/mol. The zero-order valence-electron chi connectivity index (χ0n) is 21.7. The van der Waals surface area contributed by atoms with Crippen LogP contribution < -0.4 is 0 Å². The molecular formula is C25H16F17N3. The van der Waals surface area contributed by atoms with Crippen molar-refractivity contribution in [3.63, 3.8) is 0 Å². The summed E-state index contributed by atoms with van der Waals surface area (Å²) in [7, 11) is 0. The average Bonchev–Trinajstić information content (AvgIpc) is 3.36. The first-order chi connectivity index (χ1) is 20.3. The molecule has 0 N–H and O–H groups in total. The molecule has 0 spiro atoms. The second-order valence-electron chi connectivity index (χ2n) is 9.48. The van der Waals surface area contributed by atoms with E-state index in [2.05, 4.69) is 9.97 Å².